The van der Waals surface area contributed by atoms with Crippen molar-refractivity contribution < 1.29 is 9.84 Å². The summed E-state index contributed by atoms with van der Waals surface area (Å²) in [7, 11) is 0. The lowest BCUT2D eigenvalue weighted by molar-refractivity contribution is -0.169. The first kappa shape index (κ1) is 13.0. The van der Waals surface area contributed by atoms with Crippen LogP contribution in [-0.2, 0) is 4.74 Å². The van der Waals surface area contributed by atoms with Gasteiger partial charge in [-0.05, 0) is 39.0 Å². The normalized spacial score (nSPS) is 14.0. The topological polar surface area (TPSA) is 29.5 Å². The van der Waals surface area contributed by atoms with Crippen LogP contribution >= 0.6 is 27.5 Å². The van der Waals surface area contributed by atoms with E-state index in [0.29, 0.717) is 10.6 Å². The smallest absolute Gasteiger partial charge is 0.183 e. The Morgan fingerprint density at radius 2 is 2.00 bits per heavy atom. The molecule has 15 heavy (non-hydrogen) atoms. The lowest BCUT2D eigenvalue weighted by atomic mass is 10.1. The van der Waals surface area contributed by atoms with Gasteiger partial charge in [0, 0.05) is 15.1 Å². The molecule has 0 heterocycles. The zero-order valence-corrected chi connectivity index (χ0v) is 11.3. The highest BCUT2D eigenvalue weighted by molar-refractivity contribution is 9.10. The van der Waals surface area contributed by atoms with Gasteiger partial charge in [-0.25, -0.2) is 0 Å². The predicted octanol–water partition coefficient (Wildman–Crippen LogP) is 3.91. The number of hydrogen-bond donors (Lipinski definition) is 1. The number of ether oxygens (including phenoxy) is 1. The zero-order chi connectivity index (χ0) is 11.6. The Balaban J connectivity index is 2.90. The summed E-state index contributed by atoms with van der Waals surface area (Å²) < 4.78 is 6.27. The van der Waals surface area contributed by atoms with E-state index in [1.807, 2.05) is 26.8 Å². The molecule has 2 nitrogen and oxygen atoms in total. The van der Waals surface area contributed by atoms with Crippen LogP contribution in [0.4, 0.5) is 0 Å². The average Bonchev–Trinajstić information content (AvgIpc) is 2.06. The average molecular weight is 294 g/mol. The summed E-state index contributed by atoms with van der Waals surface area (Å²) in [5.41, 5.74) is 0.159. The van der Waals surface area contributed by atoms with E-state index >= 15 is 0 Å². The van der Waals surface area contributed by atoms with Gasteiger partial charge in [0.1, 0.15) is 0 Å². The Morgan fingerprint density at radius 1 is 1.40 bits per heavy atom. The fourth-order valence-electron chi connectivity index (χ4n) is 1.10. The molecule has 0 spiro atoms. The van der Waals surface area contributed by atoms with Gasteiger partial charge >= 0.3 is 0 Å². The molecule has 0 saturated heterocycles. The van der Waals surface area contributed by atoms with Gasteiger partial charge < -0.3 is 9.84 Å². The van der Waals surface area contributed by atoms with E-state index in [-0.39, 0.29) is 0 Å². The number of rotatable bonds is 2. The molecule has 1 N–H and O–H groups in total. The number of hydrogen-bond acceptors (Lipinski definition) is 2. The molecule has 0 aliphatic carbocycles. The Bertz CT molecular complexity index is 347. The van der Waals surface area contributed by atoms with Crippen LogP contribution < -0.4 is 0 Å². The number of benzene rings is 1. The van der Waals surface area contributed by atoms with Crippen LogP contribution in [0.15, 0.2) is 22.7 Å². The van der Waals surface area contributed by atoms with E-state index < -0.39 is 11.9 Å². The molecule has 0 aromatic heterocycles. The maximum Gasteiger partial charge on any atom is 0.183 e. The quantitative estimate of drug-likeness (QED) is 0.838. The van der Waals surface area contributed by atoms with Gasteiger partial charge in [0.15, 0.2) is 6.29 Å². The molecule has 1 rings (SSSR count). The second-order valence-electron chi connectivity index (χ2n) is 4.25. The third kappa shape index (κ3) is 4.11. The molecular weight excluding hydrogens is 279 g/mol. The van der Waals surface area contributed by atoms with Gasteiger partial charge in [0.05, 0.1) is 5.60 Å². The van der Waals surface area contributed by atoms with Crippen LogP contribution in [0, 0.1) is 0 Å². The van der Waals surface area contributed by atoms with Gasteiger partial charge in [-0.15, -0.1) is 0 Å². The van der Waals surface area contributed by atoms with Crippen molar-refractivity contribution in [1.82, 2.24) is 0 Å². The van der Waals surface area contributed by atoms with Crippen LogP contribution in [0.3, 0.4) is 0 Å². The Labute approximate surface area is 103 Å². The van der Waals surface area contributed by atoms with Crippen molar-refractivity contribution >= 4 is 27.5 Å². The summed E-state index contributed by atoms with van der Waals surface area (Å²) in [6, 6.07) is 5.28. The predicted molar refractivity (Wildman–Crippen MR) is 64.9 cm³/mol. The van der Waals surface area contributed by atoms with Gasteiger partial charge in [0.2, 0.25) is 0 Å². The van der Waals surface area contributed by atoms with Crippen molar-refractivity contribution in [3.63, 3.8) is 0 Å². The molecule has 1 aromatic carbocycles. The van der Waals surface area contributed by atoms with Gasteiger partial charge in [-0.2, -0.15) is 0 Å². The maximum absolute atomic E-state index is 9.83. The monoisotopic (exact) mass is 292 g/mol. The maximum atomic E-state index is 9.83. The van der Waals surface area contributed by atoms with E-state index in [2.05, 4.69) is 15.9 Å². The van der Waals surface area contributed by atoms with Gasteiger partial charge in [-0.1, -0.05) is 27.5 Å². The fourth-order valence-corrected chi connectivity index (χ4v) is 1.69. The molecule has 0 radical (unpaired) electrons. The zero-order valence-electron chi connectivity index (χ0n) is 8.92. The molecule has 0 aliphatic rings. The number of aliphatic hydroxyl groups is 1. The molecule has 0 bridgehead atoms. The minimum atomic E-state index is -1.00. The molecule has 4 heteroatoms. The van der Waals surface area contributed by atoms with Crippen molar-refractivity contribution in [2.24, 2.45) is 0 Å². The van der Waals surface area contributed by atoms with E-state index in [1.165, 1.54) is 0 Å². The van der Waals surface area contributed by atoms with E-state index in [9.17, 15) is 5.11 Å². The van der Waals surface area contributed by atoms with Crippen molar-refractivity contribution in [2.45, 2.75) is 32.7 Å². The second-order valence-corrected chi connectivity index (χ2v) is 5.57. The van der Waals surface area contributed by atoms with Crippen LogP contribution in [0.5, 0.6) is 0 Å². The van der Waals surface area contributed by atoms with Crippen molar-refractivity contribution in [1.29, 1.82) is 0 Å². The Morgan fingerprint density at radius 3 is 2.53 bits per heavy atom. The highest BCUT2D eigenvalue weighted by Gasteiger charge is 2.20. The lowest BCUT2D eigenvalue weighted by Crippen LogP contribution is -2.22. The van der Waals surface area contributed by atoms with Crippen molar-refractivity contribution in [3.8, 4) is 0 Å². The second kappa shape index (κ2) is 4.83. The fraction of sp³-hybridized carbons (Fsp3) is 0.455. The first-order valence-electron chi connectivity index (χ1n) is 4.60. The van der Waals surface area contributed by atoms with Crippen LogP contribution in [-0.4, -0.2) is 10.7 Å². The molecule has 0 saturated carbocycles. The summed E-state index contributed by atoms with van der Waals surface area (Å²) in [6.07, 6.45) is -1.00. The molecule has 1 unspecified atom stereocenters. The largest absolute Gasteiger partial charge is 0.364 e. The summed E-state index contributed by atoms with van der Waals surface area (Å²) in [4.78, 5) is 0. The van der Waals surface area contributed by atoms with Crippen LogP contribution in [0.1, 0.15) is 32.6 Å². The third-order valence-corrected chi connectivity index (χ3v) is 2.53. The van der Waals surface area contributed by atoms with Crippen LogP contribution in [0.25, 0.3) is 0 Å². The molecule has 0 amide bonds. The van der Waals surface area contributed by atoms with E-state index in [4.69, 9.17) is 16.3 Å². The summed E-state index contributed by atoms with van der Waals surface area (Å²) in [5.74, 6) is 0. The van der Waals surface area contributed by atoms with Crippen molar-refractivity contribution in [3.05, 3.63) is 33.3 Å². The molecular formula is C11H14BrClO2. The highest BCUT2D eigenvalue weighted by atomic mass is 79.9. The Kier molecular flexibility index (Phi) is 4.18. The highest BCUT2D eigenvalue weighted by Crippen LogP contribution is 2.29. The first-order chi connectivity index (χ1) is 6.79. The Hall–Kier alpha value is -0.0900. The van der Waals surface area contributed by atoms with Gasteiger partial charge in [0.25, 0.3) is 0 Å². The first-order valence-corrected chi connectivity index (χ1v) is 5.77. The summed E-state index contributed by atoms with van der Waals surface area (Å²) in [5, 5.41) is 10.3. The van der Waals surface area contributed by atoms with Crippen LogP contribution in [0.2, 0.25) is 5.02 Å². The molecule has 0 aliphatic heterocycles. The van der Waals surface area contributed by atoms with E-state index in [1.54, 1.807) is 12.1 Å². The number of aliphatic hydroxyl groups excluding tert-OH is 1. The molecule has 84 valence electrons. The number of halogens is 2. The minimum Gasteiger partial charge on any atom is -0.364 e. The summed E-state index contributed by atoms with van der Waals surface area (Å²) in [6.45, 7) is 5.63. The molecule has 0 fully saturated rings. The van der Waals surface area contributed by atoms with E-state index in [0.717, 1.165) is 4.47 Å². The molecule has 1 atom stereocenters. The SMILES string of the molecule is CC(C)(C)OC(O)c1cc(Br)ccc1Cl. The summed E-state index contributed by atoms with van der Waals surface area (Å²) >= 11 is 9.28. The van der Waals surface area contributed by atoms with Gasteiger partial charge in [-0.3, -0.25) is 0 Å². The lowest BCUT2D eigenvalue weighted by Gasteiger charge is -2.24. The third-order valence-electron chi connectivity index (χ3n) is 1.69. The molecule has 1 aromatic rings. The van der Waals surface area contributed by atoms with Crippen molar-refractivity contribution in [2.75, 3.05) is 0 Å². The standard InChI is InChI=1S/C11H14BrClO2/c1-11(2,3)15-10(14)8-6-7(12)4-5-9(8)13/h4-6,10,14H,1-3H3. The minimum absolute atomic E-state index is 0.412.